The molecule has 0 saturated carbocycles. The summed E-state index contributed by atoms with van der Waals surface area (Å²) in [5.74, 6) is 0. The Balaban J connectivity index is 0.000000235. The van der Waals surface area contributed by atoms with Crippen molar-refractivity contribution in [3.05, 3.63) is 152 Å². The van der Waals surface area contributed by atoms with E-state index in [0.29, 0.717) is 0 Å². The average Bonchev–Trinajstić information content (AvgIpc) is 2.98. The number of benzene rings is 5. The van der Waals surface area contributed by atoms with Crippen LogP contribution in [-0.4, -0.2) is 20.8 Å². The van der Waals surface area contributed by atoms with Crippen LogP contribution >= 0.6 is 0 Å². The second-order valence-electron chi connectivity index (χ2n) is 8.37. The highest BCUT2D eigenvalue weighted by molar-refractivity contribution is 7.97. The Morgan fingerprint density at radius 2 is 0.488 bits per heavy atom. The van der Waals surface area contributed by atoms with Crippen molar-refractivity contribution in [2.75, 3.05) is 6.26 Å². The summed E-state index contributed by atoms with van der Waals surface area (Å²) in [6.07, 6.45) is 2.27. The van der Waals surface area contributed by atoms with Gasteiger partial charge in [0.05, 0.1) is 21.8 Å². The molecule has 0 saturated heterocycles. The van der Waals surface area contributed by atoms with Crippen LogP contribution in [0.5, 0.6) is 0 Å². The fourth-order valence-corrected chi connectivity index (χ4v) is 6.97. The molecule has 0 atom stereocenters. The van der Waals surface area contributed by atoms with Gasteiger partial charge in [0.2, 0.25) is 0 Å². The predicted molar refractivity (Wildman–Crippen MR) is 165 cm³/mol. The van der Waals surface area contributed by atoms with Crippen molar-refractivity contribution in [1.82, 2.24) is 0 Å². The maximum atomic E-state index is 9.75. The van der Waals surface area contributed by atoms with Crippen molar-refractivity contribution in [2.24, 2.45) is 0 Å². The Morgan fingerprint density at radius 1 is 0.326 bits per heavy atom. The van der Waals surface area contributed by atoms with Gasteiger partial charge < -0.3 is 34.5 Å². The molecule has 0 bridgehead atoms. The van der Waals surface area contributed by atoms with E-state index in [9.17, 15) is 34.5 Å². The third kappa shape index (κ3) is 16.0. The summed E-state index contributed by atoms with van der Waals surface area (Å²) in [5, 5.41) is 0. The van der Waals surface area contributed by atoms with Crippen LogP contribution in [-0.2, 0) is 21.8 Å². The SMILES string of the molecule is C[S+](c1ccccc1)c1ccccc1.F[B-](F)(F)F.F[B-](F)(F)F.c1ccc([S+](c2ccccc2)c2ccccc2)cc1. The summed E-state index contributed by atoms with van der Waals surface area (Å²) in [6, 6.07) is 53.4. The first-order valence-corrected chi connectivity index (χ1v) is 15.6. The number of hydrogen-bond acceptors (Lipinski definition) is 0. The third-order valence-corrected chi connectivity index (χ3v) is 9.32. The van der Waals surface area contributed by atoms with Gasteiger partial charge in [0, 0.05) is 0 Å². The molecule has 0 aliphatic rings. The Morgan fingerprint density at radius 3 is 0.674 bits per heavy atom. The first-order valence-electron chi connectivity index (χ1n) is 12.7. The zero-order valence-electron chi connectivity index (χ0n) is 22.9. The lowest BCUT2D eigenvalue weighted by Gasteiger charge is -2.07. The van der Waals surface area contributed by atoms with Crippen LogP contribution in [0.4, 0.5) is 34.5 Å². The van der Waals surface area contributed by atoms with E-state index in [4.69, 9.17) is 0 Å². The lowest BCUT2D eigenvalue weighted by atomic mass is 10.3. The van der Waals surface area contributed by atoms with E-state index in [1.165, 1.54) is 24.5 Å². The number of hydrogen-bond donors (Lipinski definition) is 0. The monoisotopic (exact) mass is 638 g/mol. The maximum Gasteiger partial charge on any atom is 0.673 e. The van der Waals surface area contributed by atoms with Gasteiger partial charge in [-0.3, -0.25) is 0 Å². The van der Waals surface area contributed by atoms with E-state index in [0.717, 1.165) is 0 Å². The van der Waals surface area contributed by atoms with Gasteiger partial charge in [-0.15, -0.1) is 0 Å². The molecule has 12 heteroatoms. The highest BCUT2D eigenvalue weighted by Gasteiger charge is 2.27. The molecule has 0 aromatic heterocycles. The van der Waals surface area contributed by atoms with Crippen LogP contribution in [0, 0.1) is 0 Å². The average molecular weight is 638 g/mol. The smallest absolute Gasteiger partial charge is 0.418 e. The van der Waals surface area contributed by atoms with Gasteiger partial charge in [-0.1, -0.05) is 91.0 Å². The molecule has 0 amide bonds. The normalized spacial score (nSPS) is 10.9. The van der Waals surface area contributed by atoms with Crippen molar-refractivity contribution in [3.63, 3.8) is 0 Å². The lowest BCUT2D eigenvalue weighted by Crippen LogP contribution is -2.04. The van der Waals surface area contributed by atoms with E-state index >= 15 is 0 Å². The predicted octanol–water partition coefficient (Wildman–Crippen LogP) is 10.7. The van der Waals surface area contributed by atoms with E-state index in [-0.39, 0.29) is 21.8 Å². The van der Waals surface area contributed by atoms with Gasteiger partial charge in [-0.25, -0.2) is 0 Å². The molecular formula is C31H28B2F8S2. The Kier molecular flexibility index (Phi) is 15.0. The molecule has 43 heavy (non-hydrogen) atoms. The molecule has 0 fully saturated rings. The van der Waals surface area contributed by atoms with Gasteiger partial charge >= 0.3 is 14.5 Å². The topological polar surface area (TPSA) is 0 Å². The van der Waals surface area contributed by atoms with Gasteiger partial charge in [0.15, 0.2) is 24.5 Å². The van der Waals surface area contributed by atoms with E-state index in [1.807, 2.05) is 0 Å². The molecule has 0 nitrogen and oxygen atoms in total. The highest BCUT2D eigenvalue weighted by Crippen LogP contribution is 2.30. The van der Waals surface area contributed by atoms with Gasteiger partial charge in [0.1, 0.15) is 6.26 Å². The van der Waals surface area contributed by atoms with Crippen molar-refractivity contribution in [3.8, 4) is 0 Å². The largest absolute Gasteiger partial charge is 0.673 e. The molecule has 5 aromatic carbocycles. The Hall–Kier alpha value is -3.63. The van der Waals surface area contributed by atoms with Crippen molar-refractivity contribution in [2.45, 2.75) is 24.5 Å². The minimum absolute atomic E-state index is 0.0146. The lowest BCUT2D eigenvalue weighted by molar-refractivity contribution is 0.366. The molecule has 0 N–H and O–H groups in total. The summed E-state index contributed by atoms with van der Waals surface area (Å²) in [4.78, 5) is 6.89. The summed E-state index contributed by atoms with van der Waals surface area (Å²) < 4.78 is 78.0. The van der Waals surface area contributed by atoms with Crippen molar-refractivity contribution in [1.29, 1.82) is 0 Å². The third-order valence-electron chi connectivity index (χ3n) is 5.13. The van der Waals surface area contributed by atoms with Gasteiger partial charge in [-0.2, -0.15) is 0 Å². The zero-order valence-corrected chi connectivity index (χ0v) is 24.6. The van der Waals surface area contributed by atoms with Crippen LogP contribution < -0.4 is 0 Å². The minimum atomic E-state index is -6.00. The van der Waals surface area contributed by atoms with Crippen LogP contribution in [0.1, 0.15) is 0 Å². The first kappa shape index (κ1) is 35.6. The van der Waals surface area contributed by atoms with Crippen LogP contribution in [0.25, 0.3) is 0 Å². The summed E-state index contributed by atoms with van der Waals surface area (Å²) in [5.41, 5.74) is 0. The molecule has 0 unspecified atom stereocenters. The fraction of sp³-hybridized carbons (Fsp3) is 0.0323. The van der Waals surface area contributed by atoms with Gasteiger partial charge in [-0.05, 0) is 60.7 Å². The van der Waals surface area contributed by atoms with Crippen LogP contribution in [0.2, 0.25) is 0 Å². The van der Waals surface area contributed by atoms with Gasteiger partial charge in [0.25, 0.3) is 0 Å². The molecule has 0 spiro atoms. The second kappa shape index (κ2) is 18.1. The number of rotatable bonds is 5. The molecule has 0 aliphatic carbocycles. The van der Waals surface area contributed by atoms with Crippen molar-refractivity contribution < 1.29 is 34.5 Å². The Bertz CT molecular complexity index is 1250. The van der Waals surface area contributed by atoms with E-state index < -0.39 is 14.5 Å². The molecule has 5 rings (SSSR count). The maximum absolute atomic E-state index is 9.75. The fourth-order valence-electron chi connectivity index (χ4n) is 3.46. The number of halogens is 8. The molecule has 0 heterocycles. The molecule has 5 aromatic rings. The highest BCUT2D eigenvalue weighted by atomic mass is 32.2. The quantitative estimate of drug-likeness (QED) is 0.102. The van der Waals surface area contributed by atoms with Crippen molar-refractivity contribution >= 4 is 36.3 Å². The summed E-state index contributed by atoms with van der Waals surface area (Å²) in [6.45, 7) is 0. The zero-order chi connectivity index (χ0) is 31.7. The molecule has 226 valence electrons. The Labute approximate surface area is 252 Å². The minimum Gasteiger partial charge on any atom is -0.418 e. The van der Waals surface area contributed by atoms with E-state index in [1.54, 1.807) is 0 Å². The summed E-state index contributed by atoms with van der Waals surface area (Å²) in [7, 11) is -11.8. The van der Waals surface area contributed by atoms with Crippen LogP contribution in [0.15, 0.2) is 176 Å². The van der Waals surface area contributed by atoms with Crippen LogP contribution in [0.3, 0.4) is 0 Å². The molecular weight excluding hydrogens is 610 g/mol. The molecule has 0 radical (unpaired) electrons. The standard InChI is InChI=1S/C18H15S.C13H13S.2BF4/c1-4-10-16(11-5-1)19(17-12-6-2-7-13-17)18-14-8-3-9-15-18;1-14(12-8-4-2-5-9-12)13-10-6-3-7-11-13;2*2-1(3,4)5/h1-15H;2-11H,1H3;;/q2*+1;2*-1. The van der Waals surface area contributed by atoms with E-state index in [2.05, 4.69) is 158 Å². The second-order valence-corrected chi connectivity index (χ2v) is 12.4. The first-order chi connectivity index (χ1) is 20.3. The summed E-state index contributed by atoms with van der Waals surface area (Å²) >= 11 is 0. The molecule has 0 aliphatic heterocycles.